The Bertz CT molecular complexity index is 2390. The van der Waals surface area contributed by atoms with Gasteiger partial charge in [0.15, 0.2) is 0 Å². The van der Waals surface area contributed by atoms with Gasteiger partial charge in [0.05, 0.1) is 32.2 Å². The van der Waals surface area contributed by atoms with E-state index in [4.69, 9.17) is 30.6 Å². The summed E-state index contributed by atoms with van der Waals surface area (Å²) < 4.78 is 0. The molecule has 0 aliphatic carbocycles. The third kappa shape index (κ3) is 13.1. The van der Waals surface area contributed by atoms with Crippen LogP contribution >= 0.6 is 0 Å². The Morgan fingerprint density at radius 2 is 0.862 bits per heavy atom. The predicted octanol–water partition coefficient (Wildman–Crippen LogP) is 6.42. The van der Waals surface area contributed by atoms with E-state index in [-0.39, 0.29) is 45.6 Å². The molecule has 302 valence electrons. The average molecular weight is 880 g/mol. The standard InChI is InChI=1S/2C20H17N3O.2Cu.2NO3/c2*24-19-10-9-14-5-1-2-6-15(14)16(19)13-21-12-11-20-22-17-7-3-4-8-18(17)23-20;;;2*2-1(3)4/h2*1-10,13,24H,11-12H2,(H,22,23);;;;/q;;2*+2;2*-1/p-2. The maximum Gasteiger partial charge on any atom is 2.00 e. The van der Waals surface area contributed by atoms with Crippen molar-refractivity contribution in [3.8, 4) is 11.5 Å². The molecule has 0 aliphatic heterocycles. The smallest absolute Gasteiger partial charge is 0.872 e. The van der Waals surface area contributed by atoms with Crippen LogP contribution in [0.15, 0.2) is 131 Å². The van der Waals surface area contributed by atoms with Gasteiger partial charge in [-0.15, -0.1) is 0 Å². The van der Waals surface area contributed by atoms with Crippen molar-refractivity contribution in [3.63, 3.8) is 0 Å². The zero-order chi connectivity index (χ0) is 39.9. The van der Waals surface area contributed by atoms with Gasteiger partial charge in [0.1, 0.15) is 11.6 Å². The number of aromatic nitrogens is 4. The summed E-state index contributed by atoms with van der Waals surface area (Å²) in [5.74, 6) is 1.82. The Morgan fingerprint density at radius 1 is 0.517 bits per heavy atom. The van der Waals surface area contributed by atoms with E-state index in [1.54, 1.807) is 24.6 Å². The van der Waals surface area contributed by atoms with Gasteiger partial charge < -0.3 is 50.8 Å². The second-order valence-corrected chi connectivity index (χ2v) is 11.8. The molecule has 0 saturated carbocycles. The summed E-state index contributed by atoms with van der Waals surface area (Å²) in [7, 11) is 0. The molecule has 8 aromatic rings. The molecule has 2 heterocycles. The second kappa shape index (κ2) is 22.6. The molecule has 0 unspecified atom stereocenters. The number of H-pyrrole nitrogens is 2. The van der Waals surface area contributed by atoms with E-state index in [9.17, 15) is 10.2 Å². The molecule has 0 bridgehead atoms. The molecular formula is C40H32Cu2N8O8. The molecule has 0 amide bonds. The van der Waals surface area contributed by atoms with Crippen LogP contribution in [0.25, 0.3) is 43.6 Å². The van der Waals surface area contributed by atoms with Crippen LogP contribution in [0.2, 0.25) is 0 Å². The molecule has 58 heavy (non-hydrogen) atoms. The van der Waals surface area contributed by atoms with E-state index in [1.165, 1.54) is 0 Å². The number of para-hydroxylation sites is 4. The number of fused-ring (bicyclic) bond motifs is 4. The molecule has 2 N–H and O–H groups in total. The minimum atomic E-state index is -1.75. The first-order valence-electron chi connectivity index (χ1n) is 17.0. The monoisotopic (exact) mass is 878 g/mol. The Labute approximate surface area is 351 Å². The average Bonchev–Trinajstić information content (AvgIpc) is 3.80. The van der Waals surface area contributed by atoms with Gasteiger partial charge in [0, 0.05) is 38.4 Å². The zero-order valence-corrected chi connectivity index (χ0v) is 32.0. The summed E-state index contributed by atoms with van der Waals surface area (Å²) in [5.41, 5.74) is 5.30. The van der Waals surface area contributed by atoms with E-state index < -0.39 is 10.2 Å². The van der Waals surface area contributed by atoms with Crippen LogP contribution in [-0.2, 0) is 47.0 Å². The number of aromatic amines is 2. The zero-order valence-electron chi connectivity index (χ0n) is 30.1. The van der Waals surface area contributed by atoms with Gasteiger partial charge >= 0.3 is 34.1 Å². The summed E-state index contributed by atoms with van der Waals surface area (Å²) in [4.78, 5) is 41.0. The number of rotatable bonds is 8. The number of aliphatic imine (C=N–C) groups is 2. The quantitative estimate of drug-likeness (QED) is 0.0732. The molecule has 0 spiro atoms. The van der Waals surface area contributed by atoms with Crippen LogP contribution in [0.4, 0.5) is 0 Å². The summed E-state index contributed by atoms with van der Waals surface area (Å²) >= 11 is 0. The molecule has 0 saturated heterocycles. The Balaban J connectivity index is 0.000000255. The summed E-state index contributed by atoms with van der Waals surface area (Å²) in [5, 5.41) is 57.7. The van der Waals surface area contributed by atoms with E-state index in [1.807, 2.05) is 109 Å². The largest absolute Gasteiger partial charge is 2.00 e. The maximum atomic E-state index is 12.1. The van der Waals surface area contributed by atoms with E-state index in [0.717, 1.165) is 55.3 Å². The Hall–Kier alpha value is -6.84. The fraction of sp³-hybridized carbons (Fsp3) is 0.100. The molecule has 18 heteroatoms. The normalized spacial score (nSPS) is 10.5. The van der Waals surface area contributed by atoms with Crippen LogP contribution in [0.3, 0.4) is 0 Å². The first-order chi connectivity index (χ1) is 27.1. The van der Waals surface area contributed by atoms with Gasteiger partial charge in [0.2, 0.25) is 0 Å². The molecule has 0 aliphatic rings. The molecule has 2 aromatic heterocycles. The Kier molecular flexibility index (Phi) is 17.8. The minimum absolute atomic E-state index is 0. The molecule has 8 rings (SSSR count). The van der Waals surface area contributed by atoms with E-state index in [2.05, 4.69) is 29.9 Å². The summed E-state index contributed by atoms with van der Waals surface area (Å²) in [6, 6.07) is 38.5. The first-order valence-corrected chi connectivity index (χ1v) is 17.0. The summed E-state index contributed by atoms with van der Waals surface area (Å²) in [6.07, 6.45) is 4.80. The SMILES string of the molecule is O=[N+]([O-])[O-].O=[N+]([O-])[O-].[Cu+2].[Cu+2].[O-]c1ccc2ccccc2c1C=NCCc1nc2ccccc2[nH]1.[O-]c1ccc2ccccc2c1C=NCCc1nc2ccccc2[nH]1. The van der Waals surface area contributed by atoms with Crippen LogP contribution < -0.4 is 10.2 Å². The number of hydrogen-bond donors (Lipinski definition) is 2. The maximum absolute atomic E-state index is 12.1. The number of imidazole rings is 2. The minimum Gasteiger partial charge on any atom is -0.872 e. The van der Waals surface area contributed by atoms with Gasteiger partial charge in [-0.25, -0.2) is 9.97 Å². The third-order valence-electron chi connectivity index (χ3n) is 8.13. The topological polar surface area (TPSA) is 261 Å². The van der Waals surface area contributed by atoms with Crippen molar-refractivity contribution in [3.05, 3.63) is 175 Å². The van der Waals surface area contributed by atoms with Crippen LogP contribution in [0.1, 0.15) is 22.8 Å². The molecular weight excluding hydrogens is 848 g/mol. The molecule has 2 radical (unpaired) electrons. The fourth-order valence-electron chi connectivity index (χ4n) is 5.72. The van der Waals surface area contributed by atoms with Gasteiger partial charge in [-0.2, -0.15) is 0 Å². The number of benzene rings is 6. The first kappa shape index (κ1) is 45.5. The summed E-state index contributed by atoms with van der Waals surface area (Å²) in [6.45, 7) is 1.17. The predicted molar refractivity (Wildman–Crippen MR) is 212 cm³/mol. The second-order valence-electron chi connectivity index (χ2n) is 11.8. The van der Waals surface area contributed by atoms with Gasteiger partial charge in [-0.05, 0) is 56.9 Å². The van der Waals surface area contributed by atoms with Crippen LogP contribution in [0, 0.1) is 30.6 Å². The van der Waals surface area contributed by atoms with Crippen molar-refractivity contribution in [2.45, 2.75) is 12.8 Å². The van der Waals surface area contributed by atoms with Gasteiger partial charge in [-0.3, -0.25) is 9.98 Å². The van der Waals surface area contributed by atoms with Crippen molar-refractivity contribution in [2.24, 2.45) is 9.98 Å². The number of nitrogens with zero attached hydrogens (tertiary/aromatic N) is 6. The Morgan fingerprint density at radius 3 is 1.24 bits per heavy atom. The van der Waals surface area contributed by atoms with Crippen LogP contribution in [-0.4, -0.2) is 55.6 Å². The van der Waals surface area contributed by atoms with Gasteiger partial charge in [-0.1, -0.05) is 109 Å². The van der Waals surface area contributed by atoms with E-state index >= 15 is 0 Å². The third-order valence-corrected chi connectivity index (χ3v) is 8.13. The van der Waals surface area contributed by atoms with Crippen molar-refractivity contribution in [1.29, 1.82) is 0 Å². The fourth-order valence-corrected chi connectivity index (χ4v) is 5.72. The molecule has 6 aromatic carbocycles. The van der Waals surface area contributed by atoms with Crippen molar-refractivity contribution in [1.82, 2.24) is 19.9 Å². The van der Waals surface area contributed by atoms with Crippen molar-refractivity contribution < 1.29 is 54.5 Å². The van der Waals surface area contributed by atoms with Crippen molar-refractivity contribution in [2.75, 3.05) is 13.1 Å². The van der Waals surface area contributed by atoms with Crippen molar-refractivity contribution >= 4 is 56.0 Å². The van der Waals surface area contributed by atoms with Crippen LogP contribution in [0.5, 0.6) is 11.5 Å². The number of nitrogens with one attached hydrogen (secondary N) is 2. The molecule has 0 atom stereocenters. The van der Waals surface area contributed by atoms with Gasteiger partial charge in [0.25, 0.3) is 0 Å². The molecule has 0 fully saturated rings. The molecule has 16 nitrogen and oxygen atoms in total. The van der Waals surface area contributed by atoms with E-state index in [0.29, 0.717) is 37.1 Å². The number of hydrogen-bond acceptors (Lipinski definition) is 12.